The molecule has 5 heteroatoms. The fraction of sp³-hybridized carbons (Fsp3) is 0.500. The van der Waals surface area contributed by atoms with Crippen molar-refractivity contribution in [3.05, 3.63) is 29.8 Å². The number of unbranched alkanes of at least 4 members (excludes halogenated alkanes) is 1. The van der Waals surface area contributed by atoms with Crippen LogP contribution in [-0.4, -0.2) is 36.5 Å². The van der Waals surface area contributed by atoms with Crippen molar-refractivity contribution in [3.63, 3.8) is 0 Å². The minimum atomic E-state index is -0.286. The lowest BCUT2D eigenvalue weighted by Gasteiger charge is -2.26. The number of benzene rings is 1. The second-order valence-electron chi connectivity index (χ2n) is 5.19. The van der Waals surface area contributed by atoms with E-state index in [2.05, 4.69) is 12.2 Å². The third-order valence-corrected chi connectivity index (χ3v) is 3.50. The molecule has 1 heterocycles. The van der Waals surface area contributed by atoms with Crippen LogP contribution in [0.2, 0.25) is 0 Å². The summed E-state index contributed by atoms with van der Waals surface area (Å²) in [5.74, 6) is 0.693. The van der Waals surface area contributed by atoms with Crippen LogP contribution in [-0.2, 0) is 11.2 Å². The molecule has 1 aromatic rings. The molecule has 1 N–H and O–H groups in total. The molecule has 0 atom stereocenters. The summed E-state index contributed by atoms with van der Waals surface area (Å²) in [6, 6.07) is 7.68. The van der Waals surface area contributed by atoms with Crippen LogP contribution in [0, 0.1) is 0 Å². The van der Waals surface area contributed by atoms with Crippen LogP contribution in [0.5, 0.6) is 5.75 Å². The van der Waals surface area contributed by atoms with Gasteiger partial charge >= 0.3 is 6.03 Å². The number of nitrogens with zero attached hydrogens (tertiary/aromatic N) is 1. The van der Waals surface area contributed by atoms with Gasteiger partial charge in [-0.25, -0.2) is 4.79 Å². The first kappa shape index (κ1) is 15.4. The zero-order chi connectivity index (χ0) is 15.1. The molecule has 0 radical (unpaired) electrons. The van der Waals surface area contributed by atoms with Gasteiger partial charge < -0.3 is 9.64 Å². The normalized spacial score (nSPS) is 15.0. The summed E-state index contributed by atoms with van der Waals surface area (Å²) in [7, 11) is 0. The van der Waals surface area contributed by atoms with Crippen molar-refractivity contribution in [2.24, 2.45) is 0 Å². The lowest BCUT2D eigenvalue weighted by molar-refractivity contribution is -0.121. The molecule has 1 aliphatic heterocycles. The van der Waals surface area contributed by atoms with Crippen LogP contribution in [0.3, 0.4) is 0 Å². The molecule has 0 bridgehead atoms. The largest absolute Gasteiger partial charge is 0.494 e. The minimum Gasteiger partial charge on any atom is -0.494 e. The van der Waals surface area contributed by atoms with Crippen molar-refractivity contribution in [1.82, 2.24) is 10.2 Å². The van der Waals surface area contributed by atoms with Crippen LogP contribution in [0.1, 0.15) is 31.7 Å². The monoisotopic (exact) mass is 290 g/mol. The summed E-state index contributed by atoms with van der Waals surface area (Å²) in [4.78, 5) is 24.3. The molecule has 3 amide bonds. The molecule has 1 aliphatic rings. The summed E-state index contributed by atoms with van der Waals surface area (Å²) in [6.45, 7) is 4.01. The Hall–Kier alpha value is -2.04. The highest BCUT2D eigenvalue weighted by Crippen LogP contribution is 2.14. The van der Waals surface area contributed by atoms with Crippen molar-refractivity contribution >= 4 is 11.9 Å². The second-order valence-corrected chi connectivity index (χ2v) is 5.19. The zero-order valence-electron chi connectivity index (χ0n) is 12.4. The van der Waals surface area contributed by atoms with Gasteiger partial charge in [-0.3, -0.25) is 10.1 Å². The zero-order valence-corrected chi connectivity index (χ0v) is 12.4. The summed E-state index contributed by atoms with van der Waals surface area (Å²) in [5.41, 5.74) is 1.16. The van der Waals surface area contributed by atoms with Crippen molar-refractivity contribution in [2.75, 3.05) is 19.7 Å². The Morgan fingerprint density at radius 2 is 2.00 bits per heavy atom. The van der Waals surface area contributed by atoms with Gasteiger partial charge in [0.2, 0.25) is 5.91 Å². The Labute approximate surface area is 125 Å². The molecule has 0 spiro atoms. The van der Waals surface area contributed by atoms with E-state index < -0.39 is 0 Å². The Morgan fingerprint density at radius 3 is 2.67 bits per heavy atom. The first-order valence-electron chi connectivity index (χ1n) is 7.49. The van der Waals surface area contributed by atoms with E-state index in [0.717, 1.165) is 37.2 Å². The van der Waals surface area contributed by atoms with Gasteiger partial charge in [0.1, 0.15) is 5.75 Å². The first-order chi connectivity index (χ1) is 10.2. The van der Waals surface area contributed by atoms with E-state index >= 15 is 0 Å². The second kappa shape index (κ2) is 7.67. The number of imide groups is 1. The number of ether oxygens (including phenoxy) is 1. The molecular weight excluding hydrogens is 268 g/mol. The molecule has 5 nitrogen and oxygen atoms in total. The lowest BCUT2D eigenvalue weighted by atomic mass is 10.1. The molecular formula is C16H22N2O3. The molecule has 2 rings (SSSR count). The van der Waals surface area contributed by atoms with E-state index in [0.29, 0.717) is 19.5 Å². The van der Waals surface area contributed by atoms with Gasteiger partial charge in [-0.05, 0) is 30.5 Å². The molecule has 0 aliphatic carbocycles. The maximum atomic E-state index is 11.6. The van der Waals surface area contributed by atoms with Crippen LogP contribution in [0.15, 0.2) is 24.3 Å². The quantitative estimate of drug-likeness (QED) is 0.784. The van der Waals surface area contributed by atoms with Crippen LogP contribution in [0.4, 0.5) is 4.79 Å². The molecule has 21 heavy (non-hydrogen) atoms. The molecule has 0 saturated carbocycles. The molecule has 114 valence electrons. The number of carbonyl (C=O) groups is 2. The number of nitrogens with one attached hydrogen (secondary N) is 1. The average molecular weight is 290 g/mol. The minimum absolute atomic E-state index is 0.190. The predicted octanol–water partition coefficient (Wildman–Crippen LogP) is 2.35. The Morgan fingerprint density at radius 1 is 1.24 bits per heavy atom. The third-order valence-electron chi connectivity index (χ3n) is 3.50. The van der Waals surface area contributed by atoms with Gasteiger partial charge in [-0.15, -0.1) is 0 Å². The molecule has 1 aromatic carbocycles. The van der Waals surface area contributed by atoms with E-state index in [1.807, 2.05) is 24.3 Å². The van der Waals surface area contributed by atoms with Gasteiger partial charge in [0, 0.05) is 19.5 Å². The summed E-state index contributed by atoms with van der Waals surface area (Å²) < 4.78 is 5.61. The third kappa shape index (κ3) is 4.77. The van der Waals surface area contributed by atoms with Gasteiger partial charge in [0.05, 0.1) is 6.61 Å². The standard InChI is InChI=1S/C16H22N2O3/c1-2-3-12-21-14-6-4-13(5-7-14)8-10-18-11-9-15(19)17-16(18)20/h4-7H,2-3,8-12H2,1H3,(H,17,19,20). The van der Waals surface area contributed by atoms with Crippen LogP contribution >= 0.6 is 0 Å². The van der Waals surface area contributed by atoms with Gasteiger partial charge in [0.15, 0.2) is 0 Å². The number of hydrogen-bond acceptors (Lipinski definition) is 3. The van der Waals surface area contributed by atoms with Crippen molar-refractivity contribution in [3.8, 4) is 5.75 Å². The fourth-order valence-electron chi connectivity index (χ4n) is 2.16. The Balaban J connectivity index is 1.78. The Bertz CT molecular complexity index is 485. The number of urea groups is 1. The lowest BCUT2D eigenvalue weighted by Crippen LogP contribution is -2.49. The van der Waals surface area contributed by atoms with Gasteiger partial charge in [-0.1, -0.05) is 25.5 Å². The summed E-state index contributed by atoms with van der Waals surface area (Å²) in [6.07, 6.45) is 3.34. The predicted molar refractivity (Wildman–Crippen MR) is 80.3 cm³/mol. The molecule has 1 saturated heterocycles. The van der Waals surface area contributed by atoms with Crippen molar-refractivity contribution < 1.29 is 14.3 Å². The number of hydrogen-bond donors (Lipinski definition) is 1. The number of carbonyl (C=O) groups excluding carboxylic acids is 2. The maximum Gasteiger partial charge on any atom is 0.324 e. The van der Waals surface area contributed by atoms with E-state index in [4.69, 9.17) is 4.74 Å². The fourth-order valence-corrected chi connectivity index (χ4v) is 2.16. The van der Waals surface area contributed by atoms with E-state index in [-0.39, 0.29) is 11.9 Å². The van der Waals surface area contributed by atoms with Crippen molar-refractivity contribution in [1.29, 1.82) is 0 Å². The van der Waals surface area contributed by atoms with Gasteiger partial charge in [0.25, 0.3) is 0 Å². The smallest absolute Gasteiger partial charge is 0.324 e. The van der Waals surface area contributed by atoms with E-state index in [1.54, 1.807) is 4.90 Å². The maximum absolute atomic E-state index is 11.6. The highest BCUT2D eigenvalue weighted by atomic mass is 16.5. The molecule has 0 unspecified atom stereocenters. The van der Waals surface area contributed by atoms with E-state index in [9.17, 15) is 9.59 Å². The van der Waals surface area contributed by atoms with Crippen LogP contribution in [0.25, 0.3) is 0 Å². The van der Waals surface area contributed by atoms with Crippen molar-refractivity contribution in [2.45, 2.75) is 32.6 Å². The van der Waals surface area contributed by atoms with Crippen LogP contribution < -0.4 is 10.1 Å². The number of rotatable bonds is 7. The topological polar surface area (TPSA) is 58.6 Å². The van der Waals surface area contributed by atoms with Gasteiger partial charge in [-0.2, -0.15) is 0 Å². The highest BCUT2D eigenvalue weighted by Gasteiger charge is 2.22. The first-order valence-corrected chi connectivity index (χ1v) is 7.49. The molecule has 1 fully saturated rings. The average Bonchev–Trinajstić information content (AvgIpc) is 2.48. The SMILES string of the molecule is CCCCOc1ccc(CCN2CCC(=O)NC2=O)cc1. The Kier molecular flexibility index (Phi) is 5.60. The number of amides is 3. The summed E-state index contributed by atoms with van der Waals surface area (Å²) >= 11 is 0. The highest BCUT2D eigenvalue weighted by molar-refractivity contribution is 5.96. The molecule has 0 aromatic heterocycles. The van der Waals surface area contributed by atoms with E-state index in [1.165, 1.54) is 0 Å². The summed E-state index contributed by atoms with van der Waals surface area (Å²) in [5, 5.41) is 2.33.